The lowest BCUT2D eigenvalue weighted by atomic mass is 10.1. The lowest BCUT2D eigenvalue weighted by Gasteiger charge is -2.10. The van der Waals surface area contributed by atoms with Crippen molar-refractivity contribution in [2.24, 2.45) is 5.73 Å². The summed E-state index contributed by atoms with van der Waals surface area (Å²) in [6, 6.07) is 4.69. The van der Waals surface area contributed by atoms with Crippen molar-refractivity contribution in [3.63, 3.8) is 0 Å². The van der Waals surface area contributed by atoms with Crippen molar-refractivity contribution in [2.45, 2.75) is 26.2 Å². The molecule has 0 bridgehead atoms. The zero-order valence-corrected chi connectivity index (χ0v) is 11.6. The molecule has 110 valence electrons. The third kappa shape index (κ3) is 5.17. The number of unbranched alkanes of at least 4 members (excludes halogenated alkanes) is 2. The number of hydrogen-bond acceptors (Lipinski definition) is 4. The molecule has 0 heterocycles. The van der Waals surface area contributed by atoms with Gasteiger partial charge in [0.2, 0.25) is 0 Å². The van der Waals surface area contributed by atoms with E-state index in [0.717, 1.165) is 19.3 Å². The average Bonchev–Trinajstić information content (AvgIpc) is 2.42. The Hall–Kier alpha value is -2.24. The Balaban J connectivity index is 2.63. The maximum atomic E-state index is 11.9. The van der Waals surface area contributed by atoms with Crippen molar-refractivity contribution in [3.8, 4) is 5.75 Å². The Morgan fingerprint density at radius 2 is 2.05 bits per heavy atom. The number of nitrogens with two attached hydrogens (primary N) is 2. The van der Waals surface area contributed by atoms with E-state index >= 15 is 0 Å². The van der Waals surface area contributed by atoms with Gasteiger partial charge in [0.25, 0.3) is 11.8 Å². The Kier molecular flexibility index (Phi) is 6.36. The highest BCUT2D eigenvalue weighted by Crippen LogP contribution is 2.22. The molecule has 20 heavy (non-hydrogen) atoms. The van der Waals surface area contributed by atoms with Gasteiger partial charge in [-0.25, -0.2) is 0 Å². The molecule has 0 atom stereocenters. The van der Waals surface area contributed by atoms with Crippen LogP contribution in [0.15, 0.2) is 18.2 Å². The summed E-state index contributed by atoms with van der Waals surface area (Å²) >= 11 is 0. The molecule has 1 rings (SSSR count). The zero-order chi connectivity index (χ0) is 15.0. The molecule has 1 aromatic rings. The molecule has 5 N–H and O–H groups in total. The lowest BCUT2D eigenvalue weighted by Crippen LogP contribution is -2.24. The number of carbonyl (C=O) groups excluding carboxylic acids is 2. The molecule has 0 saturated heterocycles. The molecular formula is C14H21N3O3. The van der Waals surface area contributed by atoms with Gasteiger partial charge in [-0.05, 0) is 24.6 Å². The maximum Gasteiger partial charge on any atom is 0.255 e. The number of anilines is 1. The van der Waals surface area contributed by atoms with Gasteiger partial charge in [-0.3, -0.25) is 9.59 Å². The molecule has 0 aromatic heterocycles. The lowest BCUT2D eigenvalue weighted by molar-refractivity contribution is -0.119. The van der Waals surface area contributed by atoms with E-state index < -0.39 is 5.91 Å². The van der Waals surface area contributed by atoms with E-state index in [-0.39, 0.29) is 18.3 Å². The highest BCUT2D eigenvalue weighted by atomic mass is 16.5. The highest BCUT2D eigenvalue weighted by molar-refractivity contribution is 5.95. The van der Waals surface area contributed by atoms with Crippen LogP contribution < -0.4 is 21.5 Å². The van der Waals surface area contributed by atoms with Crippen LogP contribution in [0.1, 0.15) is 36.5 Å². The predicted octanol–water partition coefficient (Wildman–Crippen LogP) is 1.05. The summed E-state index contributed by atoms with van der Waals surface area (Å²) in [7, 11) is 0. The van der Waals surface area contributed by atoms with Crippen molar-refractivity contribution < 1.29 is 14.3 Å². The second-order valence-corrected chi connectivity index (χ2v) is 4.47. The molecule has 0 unspecified atom stereocenters. The average molecular weight is 279 g/mol. The molecule has 0 radical (unpaired) electrons. The van der Waals surface area contributed by atoms with Crippen LogP contribution in [0.2, 0.25) is 0 Å². The number of primary amides is 1. The normalized spacial score (nSPS) is 10.1. The van der Waals surface area contributed by atoms with E-state index in [4.69, 9.17) is 16.2 Å². The number of nitrogen functional groups attached to an aromatic ring is 1. The summed E-state index contributed by atoms with van der Waals surface area (Å²) in [6.45, 7) is 2.46. The van der Waals surface area contributed by atoms with Crippen LogP contribution in [-0.4, -0.2) is 25.0 Å². The third-order valence-electron chi connectivity index (χ3n) is 2.71. The standard InChI is InChI=1S/C14H21N3O3/c1-2-3-4-7-17-14(19)10-5-6-11(15)12(8-10)20-9-13(16)18/h5-6,8H,2-4,7,9,15H2,1H3,(H2,16,18)(H,17,19). The fourth-order valence-corrected chi connectivity index (χ4v) is 1.63. The molecule has 0 saturated carbocycles. The van der Waals surface area contributed by atoms with Gasteiger partial charge < -0.3 is 21.5 Å². The minimum atomic E-state index is -0.598. The fraction of sp³-hybridized carbons (Fsp3) is 0.429. The Morgan fingerprint density at radius 3 is 2.70 bits per heavy atom. The van der Waals surface area contributed by atoms with Gasteiger partial charge in [-0.15, -0.1) is 0 Å². The first-order valence-electron chi connectivity index (χ1n) is 6.63. The first kappa shape index (κ1) is 15.8. The first-order chi connectivity index (χ1) is 9.54. The molecule has 6 nitrogen and oxygen atoms in total. The summed E-state index contributed by atoms with van der Waals surface area (Å²) in [5.41, 5.74) is 11.5. The number of carbonyl (C=O) groups is 2. The van der Waals surface area contributed by atoms with Crippen molar-refractivity contribution >= 4 is 17.5 Å². The molecule has 0 spiro atoms. The van der Waals surface area contributed by atoms with E-state index in [1.54, 1.807) is 12.1 Å². The van der Waals surface area contributed by atoms with Crippen LogP contribution in [0.4, 0.5) is 5.69 Å². The molecular weight excluding hydrogens is 258 g/mol. The van der Waals surface area contributed by atoms with Gasteiger partial charge in [0, 0.05) is 12.1 Å². The molecule has 1 aromatic carbocycles. The topological polar surface area (TPSA) is 107 Å². The molecule has 6 heteroatoms. The van der Waals surface area contributed by atoms with Gasteiger partial charge in [-0.2, -0.15) is 0 Å². The van der Waals surface area contributed by atoms with E-state index in [0.29, 0.717) is 17.8 Å². The Morgan fingerprint density at radius 1 is 1.30 bits per heavy atom. The third-order valence-corrected chi connectivity index (χ3v) is 2.71. The predicted molar refractivity (Wildman–Crippen MR) is 77.4 cm³/mol. The molecule has 0 aliphatic rings. The summed E-state index contributed by atoms with van der Waals surface area (Å²) < 4.78 is 5.15. The van der Waals surface area contributed by atoms with Gasteiger partial charge in [-0.1, -0.05) is 19.8 Å². The van der Waals surface area contributed by atoms with Crippen LogP contribution in [0.3, 0.4) is 0 Å². The highest BCUT2D eigenvalue weighted by Gasteiger charge is 2.09. The van der Waals surface area contributed by atoms with Crippen molar-refractivity contribution in [1.29, 1.82) is 0 Å². The molecule has 0 fully saturated rings. The van der Waals surface area contributed by atoms with E-state index in [9.17, 15) is 9.59 Å². The van der Waals surface area contributed by atoms with Crippen molar-refractivity contribution in [1.82, 2.24) is 5.32 Å². The van der Waals surface area contributed by atoms with Crippen molar-refractivity contribution in [2.75, 3.05) is 18.9 Å². The Bertz CT molecular complexity index is 475. The Labute approximate surface area is 118 Å². The fourth-order valence-electron chi connectivity index (χ4n) is 1.63. The summed E-state index contributed by atoms with van der Waals surface area (Å²) in [5.74, 6) is -0.506. The van der Waals surface area contributed by atoms with Gasteiger partial charge in [0.05, 0.1) is 5.69 Å². The second-order valence-electron chi connectivity index (χ2n) is 4.47. The molecule has 2 amide bonds. The van der Waals surface area contributed by atoms with Crippen LogP contribution in [-0.2, 0) is 4.79 Å². The van der Waals surface area contributed by atoms with Crippen molar-refractivity contribution in [3.05, 3.63) is 23.8 Å². The van der Waals surface area contributed by atoms with Gasteiger partial charge in [0.15, 0.2) is 6.61 Å². The minimum Gasteiger partial charge on any atom is -0.482 e. The van der Waals surface area contributed by atoms with E-state index in [1.165, 1.54) is 6.07 Å². The summed E-state index contributed by atoms with van der Waals surface area (Å²) in [5, 5.41) is 2.82. The first-order valence-corrected chi connectivity index (χ1v) is 6.63. The number of hydrogen-bond donors (Lipinski definition) is 3. The number of rotatable bonds is 8. The quantitative estimate of drug-likeness (QED) is 0.488. The maximum absolute atomic E-state index is 11.9. The smallest absolute Gasteiger partial charge is 0.255 e. The van der Waals surface area contributed by atoms with Crippen LogP contribution in [0, 0.1) is 0 Å². The SMILES string of the molecule is CCCCCNC(=O)c1ccc(N)c(OCC(N)=O)c1. The minimum absolute atomic E-state index is 0.190. The number of ether oxygens (including phenoxy) is 1. The van der Waals surface area contributed by atoms with Gasteiger partial charge >= 0.3 is 0 Å². The summed E-state index contributed by atoms with van der Waals surface area (Å²) in [4.78, 5) is 22.6. The van der Waals surface area contributed by atoms with E-state index in [1.807, 2.05) is 0 Å². The van der Waals surface area contributed by atoms with E-state index in [2.05, 4.69) is 12.2 Å². The molecule has 0 aliphatic carbocycles. The second kappa shape index (κ2) is 8.04. The van der Waals surface area contributed by atoms with Crippen LogP contribution >= 0.6 is 0 Å². The van der Waals surface area contributed by atoms with Crippen LogP contribution in [0.5, 0.6) is 5.75 Å². The number of nitrogens with one attached hydrogen (secondary N) is 1. The largest absolute Gasteiger partial charge is 0.482 e. The summed E-state index contributed by atoms with van der Waals surface area (Å²) in [6.07, 6.45) is 3.13. The zero-order valence-electron chi connectivity index (χ0n) is 11.6. The number of amides is 2. The monoisotopic (exact) mass is 279 g/mol. The number of benzene rings is 1. The van der Waals surface area contributed by atoms with Crippen LogP contribution in [0.25, 0.3) is 0 Å². The van der Waals surface area contributed by atoms with Gasteiger partial charge in [0.1, 0.15) is 5.75 Å². The molecule has 0 aliphatic heterocycles.